The number of halogens is 1. The fourth-order valence-electron chi connectivity index (χ4n) is 3.31. The van der Waals surface area contributed by atoms with Crippen molar-refractivity contribution in [1.82, 2.24) is 20.2 Å². The van der Waals surface area contributed by atoms with Crippen molar-refractivity contribution >= 4 is 40.1 Å². The number of anilines is 1. The zero-order valence-corrected chi connectivity index (χ0v) is 16.4. The lowest BCUT2D eigenvalue weighted by Crippen LogP contribution is -2.46. The Balaban J connectivity index is 1.60. The number of hydrogen-bond donors (Lipinski definition) is 1. The highest BCUT2D eigenvalue weighted by atomic mass is 35.5. The molecule has 8 nitrogen and oxygen atoms in total. The number of aromatic nitrogens is 2. The molecule has 0 aliphatic carbocycles. The number of ether oxygens (including phenoxy) is 1. The maximum atomic E-state index is 13.2. The van der Waals surface area contributed by atoms with Gasteiger partial charge in [0.1, 0.15) is 5.75 Å². The molecule has 0 atom stereocenters. The molecule has 2 aromatic carbocycles. The smallest absolute Gasteiger partial charge is 0.340 e. The standard InChI is InChI=1S/C20H18ClN5O3/c1-29-18-8-7-13(21)11-17(18)23-20(28)26-10-4-9-25(26)19(27)15-12-22-24-16-6-3-2-5-14(15)16/h2-3,5-8,11-12H,4,9-10H2,1H3,(H,23,28). The van der Waals surface area contributed by atoms with Gasteiger partial charge in [0, 0.05) is 23.5 Å². The number of nitrogens with one attached hydrogen (secondary N) is 1. The summed E-state index contributed by atoms with van der Waals surface area (Å²) in [7, 11) is 1.51. The van der Waals surface area contributed by atoms with Gasteiger partial charge in [-0.05, 0) is 30.7 Å². The van der Waals surface area contributed by atoms with E-state index < -0.39 is 6.03 Å². The number of hydrazine groups is 1. The molecule has 0 unspecified atom stereocenters. The first-order valence-electron chi connectivity index (χ1n) is 9.03. The van der Waals surface area contributed by atoms with E-state index in [1.54, 1.807) is 24.3 Å². The van der Waals surface area contributed by atoms with Crippen LogP contribution in [0.5, 0.6) is 5.75 Å². The van der Waals surface area contributed by atoms with Crippen LogP contribution in [-0.4, -0.2) is 52.4 Å². The van der Waals surface area contributed by atoms with Gasteiger partial charge in [-0.15, -0.1) is 0 Å². The first-order valence-corrected chi connectivity index (χ1v) is 9.40. The summed E-state index contributed by atoms with van der Waals surface area (Å²) < 4.78 is 5.27. The minimum atomic E-state index is -0.442. The fourth-order valence-corrected chi connectivity index (χ4v) is 3.48. The average Bonchev–Trinajstić information content (AvgIpc) is 3.23. The SMILES string of the molecule is COc1ccc(Cl)cc1NC(=O)N1CCCN1C(=O)c1cnnc2ccccc12. The number of methoxy groups -OCH3 is 1. The molecular formula is C20H18ClN5O3. The van der Waals surface area contributed by atoms with E-state index in [2.05, 4.69) is 15.5 Å². The van der Waals surface area contributed by atoms with Gasteiger partial charge < -0.3 is 10.1 Å². The molecule has 0 bridgehead atoms. The Morgan fingerprint density at radius 2 is 1.93 bits per heavy atom. The van der Waals surface area contributed by atoms with Gasteiger partial charge in [0.25, 0.3) is 5.91 Å². The van der Waals surface area contributed by atoms with Gasteiger partial charge in [-0.25, -0.2) is 14.8 Å². The van der Waals surface area contributed by atoms with Gasteiger partial charge >= 0.3 is 6.03 Å². The average molecular weight is 412 g/mol. The number of hydrogen-bond acceptors (Lipinski definition) is 5. The molecule has 4 rings (SSSR count). The van der Waals surface area contributed by atoms with E-state index in [9.17, 15) is 9.59 Å². The Morgan fingerprint density at radius 3 is 2.76 bits per heavy atom. The quantitative estimate of drug-likeness (QED) is 0.711. The molecule has 1 N–H and O–H groups in total. The number of carbonyl (C=O) groups excluding carboxylic acids is 2. The normalized spacial score (nSPS) is 13.6. The van der Waals surface area contributed by atoms with E-state index >= 15 is 0 Å². The predicted octanol–water partition coefficient (Wildman–Crippen LogP) is 3.59. The Hall–Kier alpha value is -3.39. The molecule has 3 aromatic rings. The second-order valence-corrected chi connectivity index (χ2v) is 6.89. The van der Waals surface area contributed by atoms with Crippen LogP contribution >= 0.6 is 11.6 Å². The van der Waals surface area contributed by atoms with E-state index in [1.807, 2.05) is 18.2 Å². The molecule has 1 aliphatic rings. The predicted molar refractivity (Wildman–Crippen MR) is 109 cm³/mol. The monoisotopic (exact) mass is 411 g/mol. The van der Waals surface area contributed by atoms with E-state index in [0.29, 0.717) is 52.4 Å². The highest BCUT2D eigenvalue weighted by molar-refractivity contribution is 6.31. The van der Waals surface area contributed by atoms with Crippen LogP contribution in [0.3, 0.4) is 0 Å². The summed E-state index contributed by atoms with van der Waals surface area (Å²) in [5.74, 6) is 0.172. The van der Waals surface area contributed by atoms with Crippen molar-refractivity contribution in [3.05, 3.63) is 59.2 Å². The van der Waals surface area contributed by atoms with E-state index in [-0.39, 0.29) is 5.91 Å². The van der Waals surface area contributed by atoms with Crippen molar-refractivity contribution in [2.24, 2.45) is 0 Å². The number of urea groups is 1. The lowest BCUT2D eigenvalue weighted by atomic mass is 10.1. The third kappa shape index (κ3) is 3.66. The Morgan fingerprint density at radius 1 is 1.14 bits per heavy atom. The van der Waals surface area contributed by atoms with Crippen LogP contribution in [0, 0.1) is 0 Å². The van der Waals surface area contributed by atoms with Crippen molar-refractivity contribution in [1.29, 1.82) is 0 Å². The van der Waals surface area contributed by atoms with Crippen molar-refractivity contribution in [3.8, 4) is 5.75 Å². The number of rotatable bonds is 3. The van der Waals surface area contributed by atoms with Gasteiger partial charge in [-0.2, -0.15) is 10.2 Å². The number of nitrogens with zero attached hydrogens (tertiary/aromatic N) is 4. The van der Waals surface area contributed by atoms with Crippen molar-refractivity contribution < 1.29 is 14.3 Å². The minimum absolute atomic E-state index is 0.304. The minimum Gasteiger partial charge on any atom is -0.495 e. The maximum absolute atomic E-state index is 13.2. The number of amides is 3. The van der Waals surface area contributed by atoms with Gasteiger partial charge in [0.05, 0.1) is 30.1 Å². The molecule has 2 heterocycles. The molecule has 148 valence electrons. The van der Waals surface area contributed by atoms with Crippen molar-refractivity contribution in [2.45, 2.75) is 6.42 Å². The molecule has 0 saturated carbocycles. The second-order valence-electron chi connectivity index (χ2n) is 6.46. The highest BCUT2D eigenvalue weighted by Gasteiger charge is 2.32. The third-order valence-electron chi connectivity index (χ3n) is 4.68. The lowest BCUT2D eigenvalue weighted by molar-refractivity contribution is 0.0406. The van der Waals surface area contributed by atoms with E-state index in [4.69, 9.17) is 16.3 Å². The fraction of sp³-hybridized carbons (Fsp3) is 0.200. The second kappa shape index (κ2) is 7.92. The Labute approximate surface area is 172 Å². The molecule has 1 fully saturated rings. The van der Waals surface area contributed by atoms with Gasteiger partial charge in [0.2, 0.25) is 0 Å². The van der Waals surface area contributed by atoms with Crippen LogP contribution in [0.25, 0.3) is 10.9 Å². The van der Waals surface area contributed by atoms with Crippen molar-refractivity contribution in [2.75, 3.05) is 25.5 Å². The Bertz CT molecular complexity index is 1090. The lowest BCUT2D eigenvalue weighted by Gasteiger charge is -2.28. The molecule has 0 radical (unpaired) electrons. The summed E-state index contributed by atoms with van der Waals surface area (Å²) in [6.45, 7) is 0.840. The summed E-state index contributed by atoms with van der Waals surface area (Å²) in [5, 5.41) is 14.7. The number of carbonyl (C=O) groups is 2. The molecule has 1 aromatic heterocycles. The van der Waals surface area contributed by atoms with Crippen LogP contribution < -0.4 is 10.1 Å². The third-order valence-corrected chi connectivity index (χ3v) is 4.92. The van der Waals surface area contributed by atoms with Gasteiger partial charge in [0.15, 0.2) is 0 Å². The molecular weight excluding hydrogens is 394 g/mol. The zero-order chi connectivity index (χ0) is 20.4. The summed E-state index contributed by atoms with van der Waals surface area (Å²) in [5.41, 5.74) is 1.45. The molecule has 9 heteroatoms. The summed E-state index contributed by atoms with van der Waals surface area (Å²) in [6, 6.07) is 11.8. The molecule has 1 saturated heterocycles. The summed E-state index contributed by atoms with van der Waals surface area (Å²) in [6.07, 6.45) is 2.10. The van der Waals surface area contributed by atoms with E-state index in [0.717, 1.165) is 0 Å². The zero-order valence-electron chi connectivity index (χ0n) is 15.6. The van der Waals surface area contributed by atoms with Crippen molar-refractivity contribution in [3.63, 3.8) is 0 Å². The number of fused-ring (bicyclic) bond motifs is 1. The van der Waals surface area contributed by atoms with Gasteiger partial charge in [-0.3, -0.25) is 4.79 Å². The molecule has 0 spiro atoms. The topological polar surface area (TPSA) is 87.7 Å². The maximum Gasteiger partial charge on any atom is 0.340 e. The first-order chi connectivity index (χ1) is 14.1. The Kier molecular flexibility index (Phi) is 5.18. The molecule has 29 heavy (non-hydrogen) atoms. The van der Waals surface area contributed by atoms with Crippen LogP contribution in [0.15, 0.2) is 48.7 Å². The summed E-state index contributed by atoms with van der Waals surface area (Å²) >= 11 is 6.03. The van der Waals surface area contributed by atoms with Crippen LogP contribution in [0.2, 0.25) is 5.02 Å². The van der Waals surface area contributed by atoms with Crippen LogP contribution in [-0.2, 0) is 0 Å². The molecule has 1 aliphatic heterocycles. The summed E-state index contributed by atoms with van der Waals surface area (Å²) in [4.78, 5) is 26.1. The van der Waals surface area contributed by atoms with E-state index in [1.165, 1.54) is 23.3 Å². The highest BCUT2D eigenvalue weighted by Crippen LogP contribution is 2.29. The largest absolute Gasteiger partial charge is 0.495 e. The van der Waals surface area contributed by atoms with Crippen LogP contribution in [0.4, 0.5) is 10.5 Å². The first kappa shape index (κ1) is 18.9. The van der Waals surface area contributed by atoms with Gasteiger partial charge in [-0.1, -0.05) is 29.8 Å². The van der Waals surface area contributed by atoms with Crippen LogP contribution in [0.1, 0.15) is 16.8 Å². The number of benzene rings is 2. The molecule has 3 amide bonds.